The van der Waals surface area contributed by atoms with Crippen molar-refractivity contribution in [2.24, 2.45) is 5.10 Å². The Kier molecular flexibility index (Phi) is 6.09. The van der Waals surface area contributed by atoms with Gasteiger partial charge in [0.15, 0.2) is 0 Å². The number of anilines is 2. The van der Waals surface area contributed by atoms with Crippen LogP contribution in [0.5, 0.6) is 0 Å². The summed E-state index contributed by atoms with van der Waals surface area (Å²) < 4.78 is 1.05. The molecule has 0 aliphatic heterocycles. The van der Waals surface area contributed by atoms with E-state index in [-0.39, 0.29) is 5.91 Å². The van der Waals surface area contributed by atoms with Crippen LogP contribution in [0.25, 0.3) is 10.2 Å². The minimum atomic E-state index is -0.0979. The maximum absolute atomic E-state index is 12.7. The fourth-order valence-electron chi connectivity index (χ4n) is 2.92. The lowest BCUT2D eigenvalue weighted by molar-refractivity contribution is 0.102. The van der Waals surface area contributed by atoms with Gasteiger partial charge >= 0.3 is 0 Å². The van der Waals surface area contributed by atoms with Gasteiger partial charge in [-0.2, -0.15) is 5.10 Å². The van der Waals surface area contributed by atoms with E-state index in [2.05, 4.69) is 34.7 Å². The van der Waals surface area contributed by atoms with Crippen LogP contribution in [0.3, 0.4) is 0 Å². The molecule has 0 saturated heterocycles. The number of hydrogen-bond acceptors (Lipinski definition) is 5. The van der Waals surface area contributed by atoms with E-state index in [1.54, 1.807) is 11.3 Å². The van der Waals surface area contributed by atoms with Crippen LogP contribution in [-0.4, -0.2) is 16.6 Å². The van der Waals surface area contributed by atoms with E-state index in [9.17, 15) is 4.79 Å². The van der Waals surface area contributed by atoms with Gasteiger partial charge in [-0.15, -0.1) is 0 Å². The zero-order valence-corrected chi connectivity index (χ0v) is 17.8. The van der Waals surface area contributed by atoms with Crippen LogP contribution in [0.15, 0.2) is 35.4 Å². The van der Waals surface area contributed by atoms with Crippen molar-refractivity contribution in [2.75, 3.05) is 10.7 Å². The van der Waals surface area contributed by atoms with Crippen LogP contribution >= 0.6 is 11.3 Å². The van der Waals surface area contributed by atoms with E-state index in [1.807, 2.05) is 51.1 Å². The number of hydrazone groups is 1. The second-order valence-corrected chi connectivity index (χ2v) is 7.88. The summed E-state index contributed by atoms with van der Waals surface area (Å²) in [7, 11) is 0. The fraction of sp³-hybridized carbons (Fsp3) is 0.318. The maximum atomic E-state index is 12.7. The molecule has 1 heterocycles. The van der Waals surface area contributed by atoms with Gasteiger partial charge in [0.2, 0.25) is 5.13 Å². The molecule has 6 heteroatoms. The fourth-order valence-corrected chi connectivity index (χ4v) is 3.82. The van der Waals surface area contributed by atoms with Crippen LogP contribution in [0, 0.1) is 13.8 Å². The second kappa shape index (κ2) is 8.52. The van der Waals surface area contributed by atoms with Gasteiger partial charge in [-0.25, -0.2) is 4.98 Å². The van der Waals surface area contributed by atoms with Gasteiger partial charge < -0.3 is 5.32 Å². The molecule has 0 spiro atoms. The third-order valence-corrected chi connectivity index (χ3v) is 5.93. The van der Waals surface area contributed by atoms with Crippen molar-refractivity contribution in [3.8, 4) is 0 Å². The SMILES string of the molecule is CC/C(C)=N/Nc1nc2cc(C)c(NC(=O)c3ccc(CC)cc3)c(C)c2s1. The summed E-state index contributed by atoms with van der Waals surface area (Å²) in [6, 6.07) is 9.76. The largest absolute Gasteiger partial charge is 0.321 e. The predicted molar refractivity (Wildman–Crippen MR) is 120 cm³/mol. The first-order valence-corrected chi connectivity index (χ1v) is 10.3. The van der Waals surface area contributed by atoms with E-state index in [4.69, 9.17) is 0 Å². The first-order chi connectivity index (χ1) is 13.4. The first-order valence-electron chi connectivity index (χ1n) is 9.53. The van der Waals surface area contributed by atoms with Crippen molar-refractivity contribution in [1.29, 1.82) is 0 Å². The number of nitrogens with one attached hydrogen (secondary N) is 2. The molecule has 3 rings (SSSR count). The summed E-state index contributed by atoms with van der Waals surface area (Å²) in [5, 5.41) is 8.17. The smallest absolute Gasteiger partial charge is 0.255 e. The lowest BCUT2D eigenvalue weighted by Gasteiger charge is -2.12. The molecule has 146 valence electrons. The van der Waals surface area contributed by atoms with Crippen LogP contribution < -0.4 is 10.7 Å². The van der Waals surface area contributed by atoms with Gasteiger partial charge in [-0.05, 0) is 68.5 Å². The molecule has 0 bridgehead atoms. The molecule has 5 nitrogen and oxygen atoms in total. The Morgan fingerprint density at radius 2 is 1.89 bits per heavy atom. The number of aryl methyl sites for hydroxylation is 3. The van der Waals surface area contributed by atoms with Crippen molar-refractivity contribution in [1.82, 2.24) is 4.98 Å². The molecule has 0 aliphatic rings. The standard InChI is InChI=1S/C22H26N4OS/c1-6-14(4)25-26-22-23-18-12-13(3)19(15(5)20(18)28-22)24-21(27)17-10-8-16(7-2)9-11-17/h8-12H,6-7H2,1-5H3,(H,23,26)(H,24,27)/b25-14+. The third kappa shape index (κ3) is 4.22. The number of hydrogen-bond donors (Lipinski definition) is 2. The molecular formula is C22H26N4OS. The molecule has 2 N–H and O–H groups in total. The quantitative estimate of drug-likeness (QED) is 0.402. The maximum Gasteiger partial charge on any atom is 0.255 e. The average molecular weight is 395 g/mol. The monoisotopic (exact) mass is 394 g/mol. The van der Waals surface area contributed by atoms with Gasteiger partial charge in [0, 0.05) is 17.0 Å². The molecule has 0 saturated carbocycles. The van der Waals surface area contributed by atoms with Crippen molar-refractivity contribution in [3.05, 3.63) is 52.6 Å². The molecule has 1 aromatic heterocycles. The first kappa shape index (κ1) is 20.0. The Morgan fingerprint density at radius 1 is 1.18 bits per heavy atom. The normalized spacial score (nSPS) is 11.7. The van der Waals surface area contributed by atoms with Gasteiger partial charge in [0.25, 0.3) is 5.91 Å². The molecular weight excluding hydrogens is 368 g/mol. The van der Waals surface area contributed by atoms with Gasteiger partial charge in [0.05, 0.1) is 10.2 Å². The van der Waals surface area contributed by atoms with E-state index >= 15 is 0 Å². The number of fused-ring (bicyclic) bond motifs is 1. The molecule has 28 heavy (non-hydrogen) atoms. The zero-order valence-electron chi connectivity index (χ0n) is 17.0. The van der Waals surface area contributed by atoms with Crippen LogP contribution in [0.4, 0.5) is 10.8 Å². The highest BCUT2D eigenvalue weighted by Crippen LogP contribution is 2.35. The zero-order chi connectivity index (χ0) is 20.3. The summed E-state index contributed by atoms with van der Waals surface area (Å²) in [6.07, 6.45) is 1.85. The second-order valence-electron chi connectivity index (χ2n) is 6.88. The van der Waals surface area contributed by atoms with Crippen molar-refractivity contribution < 1.29 is 4.79 Å². The van der Waals surface area contributed by atoms with Crippen molar-refractivity contribution >= 4 is 44.0 Å². The van der Waals surface area contributed by atoms with E-state index in [0.717, 1.165) is 50.7 Å². The molecule has 0 unspecified atom stereocenters. The molecule has 3 aromatic rings. The summed E-state index contributed by atoms with van der Waals surface area (Å²) in [5.74, 6) is -0.0979. The van der Waals surface area contributed by atoms with Crippen LogP contribution in [-0.2, 0) is 6.42 Å². The molecule has 0 radical (unpaired) electrons. The number of carbonyl (C=O) groups excluding carboxylic acids is 1. The van der Waals surface area contributed by atoms with Crippen LogP contribution in [0.1, 0.15) is 54.2 Å². The third-order valence-electron chi connectivity index (χ3n) is 4.83. The Labute approximate surface area is 169 Å². The molecule has 0 aliphatic carbocycles. The number of benzene rings is 2. The topological polar surface area (TPSA) is 66.4 Å². The molecule has 0 fully saturated rings. The van der Waals surface area contributed by atoms with E-state index < -0.39 is 0 Å². The number of amides is 1. The van der Waals surface area contributed by atoms with Crippen molar-refractivity contribution in [3.63, 3.8) is 0 Å². The van der Waals surface area contributed by atoms with Gasteiger partial charge in [-0.3, -0.25) is 10.2 Å². The molecule has 0 atom stereocenters. The number of carbonyl (C=O) groups is 1. The van der Waals surface area contributed by atoms with Gasteiger partial charge in [0.1, 0.15) is 0 Å². The highest BCUT2D eigenvalue weighted by atomic mass is 32.1. The summed E-state index contributed by atoms with van der Waals surface area (Å²) >= 11 is 1.55. The molecule has 1 amide bonds. The number of thiazole rings is 1. The Balaban J connectivity index is 1.89. The van der Waals surface area contributed by atoms with E-state index in [0.29, 0.717) is 5.56 Å². The highest BCUT2D eigenvalue weighted by Gasteiger charge is 2.15. The minimum absolute atomic E-state index is 0.0979. The van der Waals surface area contributed by atoms with E-state index in [1.165, 1.54) is 5.56 Å². The van der Waals surface area contributed by atoms with Crippen molar-refractivity contribution in [2.45, 2.75) is 47.5 Å². The number of nitrogens with zero attached hydrogens (tertiary/aromatic N) is 2. The Bertz CT molecular complexity index is 1030. The lowest BCUT2D eigenvalue weighted by atomic mass is 10.1. The summed E-state index contributed by atoms with van der Waals surface area (Å²) in [4.78, 5) is 17.3. The number of aromatic nitrogens is 1. The predicted octanol–water partition coefficient (Wildman–Crippen LogP) is 5.93. The Hall–Kier alpha value is -2.73. The average Bonchev–Trinajstić information content (AvgIpc) is 3.12. The highest BCUT2D eigenvalue weighted by molar-refractivity contribution is 7.22. The minimum Gasteiger partial charge on any atom is -0.321 e. The summed E-state index contributed by atoms with van der Waals surface area (Å²) in [5.41, 5.74) is 9.72. The number of rotatable bonds is 6. The van der Waals surface area contributed by atoms with Gasteiger partial charge in [-0.1, -0.05) is 37.3 Å². The van der Waals surface area contributed by atoms with Crippen LogP contribution in [0.2, 0.25) is 0 Å². The summed E-state index contributed by atoms with van der Waals surface area (Å²) in [6.45, 7) is 10.2. The lowest BCUT2D eigenvalue weighted by Crippen LogP contribution is -2.13. The molecule has 2 aromatic carbocycles. The Morgan fingerprint density at radius 3 is 2.54 bits per heavy atom.